The summed E-state index contributed by atoms with van der Waals surface area (Å²) in [5, 5.41) is 24.2. The van der Waals surface area contributed by atoms with Gasteiger partial charge in [-0.15, -0.1) is 10.2 Å². The molecule has 0 aliphatic rings. The lowest BCUT2D eigenvalue weighted by molar-refractivity contribution is 0.144. The Morgan fingerprint density at radius 1 is 1.18 bits per heavy atom. The number of ether oxygens (including phenoxy) is 2. The van der Waals surface area contributed by atoms with E-state index in [0.29, 0.717) is 29.1 Å². The number of pyridine rings is 1. The number of aromatic nitrogens is 6. The number of hydrogen-bond acceptors (Lipinski definition) is 9. The average Bonchev–Trinajstić information content (AvgIpc) is 3.58. The Kier molecular flexibility index (Phi) is 6.88. The molecule has 0 saturated heterocycles. The Morgan fingerprint density at radius 2 is 2.03 bits per heavy atom. The van der Waals surface area contributed by atoms with E-state index >= 15 is 4.39 Å². The largest absolute Gasteiger partial charge is 0.474 e. The Hall–Kier alpha value is -4.94. The first kappa shape index (κ1) is 25.7. The van der Waals surface area contributed by atoms with Crippen LogP contribution in [0.1, 0.15) is 5.56 Å². The lowest BCUT2D eigenvalue weighted by atomic mass is 10.2. The van der Waals surface area contributed by atoms with Crippen LogP contribution in [0.2, 0.25) is 0 Å². The van der Waals surface area contributed by atoms with Crippen molar-refractivity contribution < 1.29 is 26.7 Å². The van der Waals surface area contributed by atoms with Gasteiger partial charge in [0.2, 0.25) is 5.88 Å². The van der Waals surface area contributed by atoms with Crippen molar-refractivity contribution in [3.63, 3.8) is 0 Å². The summed E-state index contributed by atoms with van der Waals surface area (Å²) in [6, 6.07) is 10.5. The van der Waals surface area contributed by atoms with Gasteiger partial charge in [0.15, 0.2) is 17.3 Å². The number of nitriles is 1. The molecule has 5 aromatic rings. The average molecular weight is 553 g/mol. The first-order valence-electron chi connectivity index (χ1n) is 11.2. The Labute approximate surface area is 219 Å². The van der Waals surface area contributed by atoms with Crippen LogP contribution in [0.4, 0.5) is 14.5 Å². The molecule has 5 rings (SSSR count). The second-order valence-corrected chi connectivity index (χ2v) is 9.72. The smallest absolute Gasteiger partial charge is 0.262 e. The summed E-state index contributed by atoms with van der Waals surface area (Å²) in [6.07, 6.45) is 2.74. The molecule has 198 valence electrons. The first-order chi connectivity index (χ1) is 18.8. The number of anilines is 1. The lowest BCUT2D eigenvalue weighted by Gasteiger charge is -2.12. The van der Waals surface area contributed by atoms with Gasteiger partial charge >= 0.3 is 0 Å². The standard InChI is InChI=1S/C24H18F2N8O4S/c1-37-7-8-38-24-17-10-15(12-28-23(17)30-31-24)20-13-34(33-29-20)22-18(25)5-6-19(21(22)26)32-39(35,36)16-4-2-3-14(9-16)11-27/h2-6,9-10,12-13,32H,7-8H2,1H3,(H,28,30,31). The quantitative estimate of drug-likeness (QED) is 0.262. The van der Waals surface area contributed by atoms with Crippen molar-refractivity contribution in [3.8, 4) is 28.9 Å². The number of methoxy groups -OCH3 is 1. The number of nitrogens with one attached hydrogen (secondary N) is 2. The van der Waals surface area contributed by atoms with E-state index in [1.807, 2.05) is 6.07 Å². The molecule has 3 heterocycles. The zero-order valence-corrected chi connectivity index (χ0v) is 20.9. The summed E-state index contributed by atoms with van der Waals surface area (Å²) in [6.45, 7) is 0.619. The monoisotopic (exact) mass is 552 g/mol. The maximum absolute atomic E-state index is 15.4. The van der Waals surface area contributed by atoms with Crippen molar-refractivity contribution >= 4 is 26.7 Å². The van der Waals surface area contributed by atoms with E-state index in [9.17, 15) is 12.8 Å². The summed E-state index contributed by atoms with van der Waals surface area (Å²) >= 11 is 0. The minimum Gasteiger partial charge on any atom is -0.474 e. The summed E-state index contributed by atoms with van der Waals surface area (Å²) < 4.78 is 69.3. The number of aromatic amines is 1. The molecule has 0 aliphatic carbocycles. The maximum Gasteiger partial charge on any atom is 0.262 e. The van der Waals surface area contributed by atoms with Gasteiger partial charge in [0.25, 0.3) is 10.0 Å². The van der Waals surface area contributed by atoms with Crippen LogP contribution in [0.15, 0.2) is 59.8 Å². The molecular weight excluding hydrogens is 534 g/mol. The van der Waals surface area contributed by atoms with Crippen LogP contribution in [0.25, 0.3) is 28.0 Å². The number of fused-ring (bicyclic) bond motifs is 1. The minimum absolute atomic E-state index is 0.102. The Morgan fingerprint density at radius 3 is 2.82 bits per heavy atom. The molecule has 15 heteroatoms. The van der Waals surface area contributed by atoms with Gasteiger partial charge in [-0.05, 0) is 36.4 Å². The van der Waals surface area contributed by atoms with E-state index in [4.69, 9.17) is 14.7 Å². The Balaban J connectivity index is 1.46. The van der Waals surface area contributed by atoms with Gasteiger partial charge in [-0.25, -0.2) is 26.9 Å². The second-order valence-electron chi connectivity index (χ2n) is 8.04. The summed E-state index contributed by atoms with van der Waals surface area (Å²) in [5.74, 6) is -1.93. The van der Waals surface area contributed by atoms with Crippen molar-refractivity contribution in [2.45, 2.75) is 4.90 Å². The fourth-order valence-electron chi connectivity index (χ4n) is 3.62. The number of nitrogens with zero attached hydrogens (tertiary/aromatic N) is 6. The SMILES string of the molecule is COCCOc1n[nH]c2ncc(-c3cn(-c4c(F)ccc(NS(=O)(=O)c5cccc(C#N)c5)c4F)nn3)cc12. The third-order valence-corrected chi connectivity index (χ3v) is 6.87. The highest BCUT2D eigenvalue weighted by Crippen LogP contribution is 2.29. The highest BCUT2D eigenvalue weighted by molar-refractivity contribution is 7.92. The van der Waals surface area contributed by atoms with Crippen molar-refractivity contribution in [2.75, 3.05) is 25.0 Å². The molecule has 2 N–H and O–H groups in total. The third kappa shape index (κ3) is 5.10. The molecule has 0 bridgehead atoms. The lowest BCUT2D eigenvalue weighted by Crippen LogP contribution is -2.15. The molecule has 0 aliphatic heterocycles. The topological polar surface area (TPSA) is 161 Å². The molecule has 0 fully saturated rings. The first-order valence-corrected chi connectivity index (χ1v) is 12.7. The van der Waals surface area contributed by atoms with Crippen LogP contribution in [0, 0.1) is 23.0 Å². The second kappa shape index (κ2) is 10.4. The van der Waals surface area contributed by atoms with Crippen molar-refractivity contribution in [1.82, 2.24) is 30.2 Å². The van der Waals surface area contributed by atoms with Gasteiger partial charge in [0.1, 0.15) is 18.0 Å². The van der Waals surface area contributed by atoms with Crippen LogP contribution < -0.4 is 9.46 Å². The molecule has 3 aromatic heterocycles. The van der Waals surface area contributed by atoms with Gasteiger partial charge in [-0.1, -0.05) is 11.3 Å². The summed E-state index contributed by atoms with van der Waals surface area (Å²) in [5.41, 5.74) is 0.0696. The molecule has 12 nitrogen and oxygen atoms in total. The van der Waals surface area contributed by atoms with Gasteiger partial charge in [0, 0.05) is 18.9 Å². The van der Waals surface area contributed by atoms with Crippen LogP contribution in [0.3, 0.4) is 0 Å². The molecule has 2 aromatic carbocycles. The number of hydrogen-bond donors (Lipinski definition) is 2. The molecule has 39 heavy (non-hydrogen) atoms. The number of benzene rings is 2. The van der Waals surface area contributed by atoms with E-state index in [1.165, 1.54) is 30.6 Å². The predicted octanol–water partition coefficient (Wildman–Crippen LogP) is 3.18. The summed E-state index contributed by atoms with van der Waals surface area (Å²) in [7, 11) is -2.75. The number of sulfonamides is 1. The fraction of sp³-hybridized carbons (Fsp3) is 0.125. The van der Waals surface area contributed by atoms with Gasteiger partial charge in [0.05, 0.1) is 40.4 Å². The summed E-state index contributed by atoms with van der Waals surface area (Å²) in [4.78, 5) is 4.01. The molecule has 0 unspecified atom stereocenters. The molecule has 0 amide bonds. The molecule has 0 saturated carbocycles. The zero-order chi connectivity index (χ0) is 27.6. The molecule has 0 spiro atoms. The van der Waals surface area contributed by atoms with Gasteiger partial charge in [-0.3, -0.25) is 9.82 Å². The highest BCUT2D eigenvalue weighted by Gasteiger charge is 2.22. The van der Waals surface area contributed by atoms with Gasteiger partial charge in [-0.2, -0.15) is 5.26 Å². The predicted molar refractivity (Wildman–Crippen MR) is 133 cm³/mol. The van der Waals surface area contributed by atoms with Crippen molar-refractivity contribution in [1.29, 1.82) is 5.26 Å². The van der Waals surface area contributed by atoms with Crippen LogP contribution in [-0.4, -0.2) is 58.9 Å². The van der Waals surface area contributed by atoms with Gasteiger partial charge < -0.3 is 9.47 Å². The zero-order valence-electron chi connectivity index (χ0n) is 20.1. The van der Waals surface area contributed by atoms with E-state index in [0.717, 1.165) is 22.9 Å². The molecular formula is C24H18F2N8O4S. The van der Waals surface area contributed by atoms with Crippen molar-refractivity contribution in [2.24, 2.45) is 0 Å². The van der Waals surface area contributed by atoms with E-state index in [-0.39, 0.29) is 22.8 Å². The fourth-order valence-corrected chi connectivity index (χ4v) is 4.73. The van der Waals surface area contributed by atoms with E-state index in [1.54, 1.807) is 13.2 Å². The number of H-pyrrole nitrogens is 1. The molecule has 0 radical (unpaired) electrons. The normalized spacial score (nSPS) is 11.4. The van der Waals surface area contributed by atoms with E-state index < -0.39 is 33.0 Å². The van der Waals surface area contributed by atoms with E-state index in [2.05, 4.69) is 30.2 Å². The van der Waals surface area contributed by atoms with Crippen LogP contribution in [0.5, 0.6) is 5.88 Å². The maximum atomic E-state index is 15.4. The molecule has 0 atom stereocenters. The van der Waals surface area contributed by atoms with Crippen LogP contribution >= 0.6 is 0 Å². The van der Waals surface area contributed by atoms with Crippen LogP contribution in [-0.2, 0) is 14.8 Å². The number of halogens is 2. The minimum atomic E-state index is -4.29. The Bertz CT molecular complexity index is 1830. The van der Waals surface area contributed by atoms with Crippen molar-refractivity contribution in [3.05, 3.63) is 72.1 Å². The number of rotatable bonds is 9. The third-order valence-electron chi connectivity index (χ3n) is 5.51. The highest BCUT2D eigenvalue weighted by atomic mass is 32.2.